The first-order valence-corrected chi connectivity index (χ1v) is 14.6. The zero-order valence-electron chi connectivity index (χ0n) is 25.0. The molecule has 2 bridgehead atoms. The highest BCUT2D eigenvalue weighted by atomic mass is 16.6. The van der Waals surface area contributed by atoms with Crippen LogP contribution in [0.1, 0.15) is 58.6 Å². The van der Waals surface area contributed by atoms with E-state index in [0.29, 0.717) is 39.0 Å². The van der Waals surface area contributed by atoms with Crippen molar-refractivity contribution < 1.29 is 23.9 Å². The number of amides is 3. The van der Waals surface area contributed by atoms with Gasteiger partial charge in [0.05, 0.1) is 12.6 Å². The number of carbonyl (C=O) groups is 3. The van der Waals surface area contributed by atoms with Crippen LogP contribution in [0, 0.1) is 5.92 Å². The largest absolute Gasteiger partial charge is 0.494 e. The third-order valence-electron chi connectivity index (χ3n) is 7.02. The number of ether oxygens (including phenoxy) is 2. The van der Waals surface area contributed by atoms with Crippen LogP contribution >= 0.6 is 0 Å². The van der Waals surface area contributed by atoms with Crippen molar-refractivity contribution >= 4 is 17.9 Å². The Morgan fingerprint density at radius 2 is 1.78 bits per heavy atom. The second-order valence-electron chi connectivity index (χ2n) is 11.7. The lowest BCUT2D eigenvalue weighted by Gasteiger charge is -2.28. The van der Waals surface area contributed by atoms with Gasteiger partial charge in [-0.1, -0.05) is 62.7 Å². The van der Waals surface area contributed by atoms with Gasteiger partial charge >= 0.3 is 6.09 Å². The lowest BCUT2D eigenvalue weighted by atomic mass is 9.97. The van der Waals surface area contributed by atoms with Crippen molar-refractivity contribution in [1.82, 2.24) is 21.3 Å². The molecule has 41 heavy (non-hydrogen) atoms. The topological polar surface area (TPSA) is 118 Å². The minimum atomic E-state index is -0.662. The van der Waals surface area contributed by atoms with Gasteiger partial charge in [0.2, 0.25) is 11.8 Å². The van der Waals surface area contributed by atoms with Gasteiger partial charge in [-0.3, -0.25) is 9.59 Å². The minimum absolute atomic E-state index is 0.0509. The van der Waals surface area contributed by atoms with Crippen LogP contribution in [0.5, 0.6) is 5.75 Å². The van der Waals surface area contributed by atoms with Gasteiger partial charge in [0.25, 0.3) is 0 Å². The summed E-state index contributed by atoms with van der Waals surface area (Å²) < 4.78 is 11.3. The third kappa shape index (κ3) is 11.1. The predicted molar refractivity (Wildman–Crippen MR) is 160 cm³/mol. The van der Waals surface area contributed by atoms with Gasteiger partial charge in [-0.25, -0.2) is 4.79 Å². The minimum Gasteiger partial charge on any atom is -0.494 e. The van der Waals surface area contributed by atoms with Crippen LogP contribution in [0.25, 0.3) is 0 Å². The third-order valence-corrected chi connectivity index (χ3v) is 7.02. The normalized spacial score (nSPS) is 19.9. The van der Waals surface area contributed by atoms with Crippen molar-refractivity contribution in [3.8, 4) is 5.75 Å². The molecule has 0 unspecified atom stereocenters. The molecule has 0 aliphatic carbocycles. The Hall–Kier alpha value is -3.59. The van der Waals surface area contributed by atoms with Crippen LogP contribution in [-0.2, 0) is 27.2 Å². The van der Waals surface area contributed by atoms with Gasteiger partial charge < -0.3 is 30.7 Å². The lowest BCUT2D eigenvalue weighted by molar-refractivity contribution is -0.131. The fraction of sp³-hybridized carbons (Fsp3) is 0.531. The van der Waals surface area contributed by atoms with Crippen molar-refractivity contribution in [2.75, 3.05) is 19.7 Å². The van der Waals surface area contributed by atoms with E-state index in [4.69, 9.17) is 9.47 Å². The van der Waals surface area contributed by atoms with Crippen molar-refractivity contribution in [3.63, 3.8) is 0 Å². The van der Waals surface area contributed by atoms with Gasteiger partial charge in [0, 0.05) is 19.1 Å². The van der Waals surface area contributed by atoms with Crippen LogP contribution in [-0.4, -0.2) is 61.3 Å². The van der Waals surface area contributed by atoms with E-state index >= 15 is 0 Å². The van der Waals surface area contributed by atoms with Crippen molar-refractivity contribution in [1.29, 1.82) is 0 Å². The number of alkyl carbamates (subject to hydrolysis) is 1. The van der Waals surface area contributed by atoms with Crippen molar-refractivity contribution in [3.05, 3.63) is 65.7 Å². The molecule has 4 atom stereocenters. The SMILES string of the molecule is CC[C@@H](C)[C@@H]1NC(=O)[C@@H](NC[C@H](Cc2ccccc2)NC(=O)OC(C)(C)C)Cc2ccc(cc2)OCCCNC1=O. The van der Waals surface area contributed by atoms with Gasteiger partial charge in [-0.2, -0.15) is 0 Å². The molecule has 0 aromatic heterocycles. The van der Waals surface area contributed by atoms with Gasteiger partial charge in [0.15, 0.2) is 0 Å². The molecule has 0 spiro atoms. The maximum atomic E-state index is 13.7. The average molecular weight is 567 g/mol. The molecule has 2 aliphatic rings. The highest BCUT2D eigenvalue weighted by molar-refractivity contribution is 5.90. The van der Waals surface area contributed by atoms with E-state index < -0.39 is 23.8 Å². The molecule has 2 aromatic carbocycles. The molecular formula is C32H46N4O5. The smallest absolute Gasteiger partial charge is 0.407 e. The molecule has 224 valence electrons. The summed E-state index contributed by atoms with van der Waals surface area (Å²) in [5, 5.41) is 12.3. The standard InChI is InChI=1S/C32H46N4O5/c1-6-22(2)28-30(38)33-17-10-18-40-26-15-13-24(14-16-26)20-27(29(37)36-28)34-21-25(19-23-11-8-7-9-12-23)35-31(39)41-32(3,4)5/h7-9,11-16,22,25,27-28,34H,6,10,17-21H2,1-5H3,(H,33,38)(H,35,39)(H,36,37)/t22-,25+,27+,28+/m1/s1. The molecule has 0 saturated heterocycles. The maximum absolute atomic E-state index is 13.7. The van der Waals surface area contributed by atoms with Gasteiger partial charge in [0.1, 0.15) is 17.4 Å². The van der Waals surface area contributed by atoms with Crippen LogP contribution in [0.2, 0.25) is 0 Å². The first-order chi connectivity index (χ1) is 19.5. The summed E-state index contributed by atoms with van der Waals surface area (Å²) in [7, 11) is 0. The van der Waals surface area contributed by atoms with E-state index in [1.165, 1.54) is 0 Å². The summed E-state index contributed by atoms with van der Waals surface area (Å²) in [5.41, 5.74) is 1.36. The summed E-state index contributed by atoms with van der Waals surface area (Å²) in [6.07, 6.45) is 1.82. The second kappa shape index (κ2) is 15.4. The number of carbonyl (C=O) groups excluding carboxylic acids is 3. The monoisotopic (exact) mass is 566 g/mol. The quantitative estimate of drug-likeness (QED) is 0.387. The summed E-state index contributed by atoms with van der Waals surface area (Å²) in [4.78, 5) is 39.5. The first-order valence-electron chi connectivity index (χ1n) is 14.6. The zero-order valence-corrected chi connectivity index (χ0v) is 25.0. The van der Waals surface area contributed by atoms with Crippen LogP contribution in [0.3, 0.4) is 0 Å². The van der Waals surface area contributed by atoms with Crippen LogP contribution in [0.15, 0.2) is 54.6 Å². The molecule has 2 heterocycles. The number of fused-ring (bicyclic) bond motifs is 12. The Labute approximate surface area is 244 Å². The Morgan fingerprint density at radius 3 is 2.44 bits per heavy atom. The molecule has 4 rings (SSSR count). The van der Waals surface area contributed by atoms with Gasteiger partial charge in [-0.05, 0) is 69.2 Å². The van der Waals surface area contributed by atoms with Crippen LogP contribution in [0.4, 0.5) is 4.79 Å². The zero-order chi connectivity index (χ0) is 29.8. The van der Waals surface area contributed by atoms with E-state index in [2.05, 4.69) is 21.3 Å². The molecule has 9 heteroatoms. The highest BCUT2D eigenvalue weighted by Gasteiger charge is 2.30. The van der Waals surface area contributed by atoms with Crippen molar-refractivity contribution in [2.45, 2.75) is 84.0 Å². The number of rotatable bonds is 8. The predicted octanol–water partition coefficient (Wildman–Crippen LogP) is 3.75. The van der Waals surface area contributed by atoms with E-state index in [1.807, 2.05) is 89.2 Å². The van der Waals surface area contributed by atoms with Gasteiger partial charge in [-0.15, -0.1) is 0 Å². The Morgan fingerprint density at radius 1 is 1.07 bits per heavy atom. The Balaban J connectivity index is 1.83. The van der Waals surface area contributed by atoms with E-state index in [9.17, 15) is 14.4 Å². The van der Waals surface area contributed by atoms with Crippen molar-refractivity contribution in [2.24, 2.45) is 5.92 Å². The van der Waals surface area contributed by atoms with E-state index in [1.54, 1.807) is 0 Å². The fourth-order valence-electron chi connectivity index (χ4n) is 4.59. The molecule has 4 N–H and O–H groups in total. The number of hydrogen-bond donors (Lipinski definition) is 4. The second-order valence-corrected chi connectivity index (χ2v) is 11.7. The first kappa shape index (κ1) is 31.9. The van der Waals surface area contributed by atoms with E-state index in [0.717, 1.165) is 23.3 Å². The highest BCUT2D eigenvalue weighted by Crippen LogP contribution is 2.16. The summed E-state index contributed by atoms with van der Waals surface area (Å²) in [6.45, 7) is 10.7. The molecule has 3 amide bonds. The summed E-state index contributed by atoms with van der Waals surface area (Å²) in [5.74, 6) is 0.224. The molecular weight excluding hydrogens is 520 g/mol. The van der Waals surface area contributed by atoms with Crippen LogP contribution < -0.4 is 26.0 Å². The molecule has 0 saturated carbocycles. The average Bonchev–Trinajstić information content (AvgIpc) is 2.93. The molecule has 2 aromatic rings. The maximum Gasteiger partial charge on any atom is 0.407 e. The number of nitrogens with one attached hydrogen (secondary N) is 4. The summed E-state index contributed by atoms with van der Waals surface area (Å²) >= 11 is 0. The molecule has 9 nitrogen and oxygen atoms in total. The Bertz CT molecular complexity index is 1120. The fourth-order valence-corrected chi connectivity index (χ4v) is 4.59. The lowest BCUT2D eigenvalue weighted by Crippen LogP contribution is -2.57. The van der Waals surface area contributed by atoms with E-state index in [-0.39, 0.29) is 23.8 Å². The molecule has 0 radical (unpaired) electrons. The molecule has 0 fully saturated rings. The number of hydrogen-bond acceptors (Lipinski definition) is 6. The summed E-state index contributed by atoms with van der Waals surface area (Å²) in [6, 6.07) is 15.9. The number of benzene rings is 2. The molecule has 2 aliphatic heterocycles. The Kier molecular flexibility index (Phi) is 12.0.